The van der Waals surface area contributed by atoms with Gasteiger partial charge in [0.1, 0.15) is 0 Å². The van der Waals surface area contributed by atoms with Gasteiger partial charge in [0.15, 0.2) is 0 Å². The molecule has 6 nitrogen and oxygen atoms in total. The van der Waals surface area contributed by atoms with Gasteiger partial charge in [-0.2, -0.15) is 0 Å². The molecule has 0 spiro atoms. The van der Waals surface area contributed by atoms with Crippen molar-refractivity contribution in [2.24, 2.45) is 5.92 Å². The van der Waals surface area contributed by atoms with Gasteiger partial charge in [0, 0.05) is 32.6 Å². The highest BCUT2D eigenvalue weighted by atomic mass is 16.4. The minimum Gasteiger partial charge on any atom is -0.408 e. The van der Waals surface area contributed by atoms with Gasteiger partial charge in [-0.05, 0) is 18.4 Å². The van der Waals surface area contributed by atoms with Gasteiger partial charge in [-0.3, -0.25) is 4.79 Å². The molecule has 0 saturated carbocycles. The number of carbonyl (C=O) groups excluding carboxylic acids is 1. The minimum absolute atomic E-state index is 0.0998. The van der Waals surface area contributed by atoms with E-state index in [0.29, 0.717) is 25.0 Å². The molecule has 26 heavy (non-hydrogen) atoms. The lowest BCUT2D eigenvalue weighted by atomic mass is 9.86. The number of hydrogen-bond donors (Lipinski definition) is 0. The molecule has 1 aliphatic rings. The molecule has 1 unspecified atom stereocenters. The van der Waals surface area contributed by atoms with Crippen LogP contribution in [0.3, 0.4) is 0 Å². The van der Waals surface area contributed by atoms with Gasteiger partial charge in [0.2, 0.25) is 11.8 Å². The molecule has 1 aliphatic heterocycles. The second-order valence-corrected chi connectivity index (χ2v) is 7.28. The van der Waals surface area contributed by atoms with Gasteiger partial charge in [-0.15, -0.1) is 5.10 Å². The average molecular weight is 356 g/mol. The lowest BCUT2D eigenvalue weighted by Gasteiger charge is -2.36. The maximum absolute atomic E-state index is 13.2. The number of nitrogens with zero attached hydrogens (tertiary/aromatic N) is 4. The third-order valence-electron chi connectivity index (χ3n) is 4.99. The van der Waals surface area contributed by atoms with Crippen molar-refractivity contribution in [3.05, 3.63) is 41.3 Å². The van der Waals surface area contributed by atoms with Gasteiger partial charge >= 0.3 is 6.01 Å². The van der Waals surface area contributed by atoms with Crippen LogP contribution in [0.2, 0.25) is 0 Å². The van der Waals surface area contributed by atoms with Crippen molar-refractivity contribution in [2.75, 3.05) is 31.1 Å². The second-order valence-electron chi connectivity index (χ2n) is 7.28. The number of anilines is 1. The fraction of sp³-hybridized carbons (Fsp3) is 0.550. The number of benzene rings is 1. The molecule has 1 amide bonds. The summed E-state index contributed by atoms with van der Waals surface area (Å²) in [6.45, 7) is 11.1. The van der Waals surface area contributed by atoms with Crippen molar-refractivity contribution in [2.45, 2.75) is 40.0 Å². The Morgan fingerprint density at radius 3 is 2.31 bits per heavy atom. The van der Waals surface area contributed by atoms with Crippen molar-refractivity contribution in [1.82, 2.24) is 15.1 Å². The first kappa shape index (κ1) is 18.4. The Balaban J connectivity index is 1.67. The van der Waals surface area contributed by atoms with E-state index in [1.54, 1.807) is 0 Å². The van der Waals surface area contributed by atoms with Gasteiger partial charge < -0.3 is 14.2 Å². The number of aryl methyl sites for hydroxylation is 2. The molecule has 6 heteroatoms. The van der Waals surface area contributed by atoms with E-state index in [2.05, 4.69) is 60.1 Å². The van der Waals surface area contributed by atoms with Crippen LogP contribution < -0.4 is 4.90 Å². The number of hydrogen-bond acceptors (Lipinski definition) is 5. The molecule has 0 bridgehead atoms. The van der Waals surface area contributed by atoms with Crippen LogP contribution in [0.1, 0.15) is 43.7 Å². The van der Waals surface area contributed by atoms with Crippen LogP contribution in [0.5, 0.6) is 0 Å². The van der Waals surface area contributed by atoms with Gasteiger partial charge in [0.25, 0.3) is 0 Å². The Morgan fingerprint density at radius 1 is 1.12 bits per heavy atom. The van der Waals surface area contributed by atoms with E-state index in [1.165, 1.54) is 5.56 Å². The zero-order chi connectivity index (χ0) is 18.7. The summed E-state index contributed by atoms with van der Waals surface area (Å²) in [5.74, 6) is 1.02. The van der Waals surface area contributed by atoms with Crippen molar-refractivity contribution in [3.63, 3.8) is 0 Å². The van der Waals surface area contributed by atoms with E-state index in [-0.39, 0.29) is 17.7 Å². The highest BCUT2D eigenvalue weighted by Gasteiger charge is 2.31. The third-order valence-corrected chi connectivity index (χ3v) is 4.99. The topological polar surface area (TPSA) is 62.5 Å². The molecule has 1 fully saturated rings. The van der Waals surface area contributed by atoms with Crippen molar-refractivity contribution in [1.29, 1.82) is 0 Å². The summed E-state index contributed by atoms with van der Waals surface area (Å²) in [6.07, 6.45) is 0.734. The molecule has 140 valence electrons. The molecule has 0 aliphatic carbocycles. The number of carbonyl (C=O) groups is 1. The fourth-order valence-corrected chi connectivity index (χ4v) is 3.42. The van der Waals surface area contributed by atoms with Crippen LogP contribution in [0.4, 0.5) is 6.01 Å². The summed E-state index contributed by atoms with van der Waals surface area (Å²) in [7, 11) is 0. The Hall–Kier alpha value is -2.37. The monoisotopic (exact) mass is 356 g/mol. The molecule has 0 N–H and O–H groups in total. The number of amides is 1. The molecule has 1 aromatic heterocycles. The summed E-state index contributed by atoms with van der Waals surface area (Å²) < 4.78 is 5.63. The third kappa shape index (κ3) is 3.89. The van der Waals surface area contributed by atoms with Crippen LogP contribution in [0.25, 0.3) is 0 Å². The predicted octanol–water partition coefficient (Wildman–Crippen LogP) is 3.03. The van der Waals surface area contributed by atoms with E-state index in [9.17, 15) is 4.79 Å². The van der Waals surface area contributed by atoms with E-state index in [4.69, 9.17) is 4.42 Å². The quantitative estimate of drug-likeness (QED) is 0.824. The molecule has 1 atom stereocenters. The van der Waals surface area contributed by atoms with Crippen LogP contribution >= 0.6 is 0 Å². The lowest BCUT2D eigenvalue weighted by Crippen LogP contribution is -2.50. The number of aromatic nitrogens is 2. The number of rotatable bonds is 5. The fourth-order valence-electron chi connectivity index (χ4n) is 3.42. The normalized spacial score (nSPS) is 16.2. The van der Waals surface area contributed by atoms with Crippen molar-refractivity contribution in [3.8, 4) is 0 Å². The largest absolute Gasteiger partial charge is 0.408 e. The SMILES string of the molecule is CCc1nnc(N2CCN(C(=O)C(c3ccc(C)cc3)C(C)C)CC2)o1. The molecule has 1 aromatic carbocycles. The smallest absolute Gasteiger partial charge is 0.318 e. The second kappa shape index (κ2) is 7.89. The molecule has 2 aromatic rings. The van der Waals surface area contributed by atoms with E-state index in [1.807, 2.05) is 11.8 Å². The molecular formula is C20H28N4O2. The summed E-state index contributed by atoms with van der Waals surface area (Å²) in [5.41, 5.74) is 2.31. The highest BCUT2D eigenvalue weighted by molar-refractivity contribution is 5.84. The molecule has 3 rings (SSSR count). The molecule has 0 radical (unpaired) electrons. The minimum atomic E-state index is -0.0998. The summed E-state index contributed by atoms with van der Waals surface area (Å²) >= 11 is 0. The van der Waals surface area contributed by atoms with Crippen molar-refractivity contribution < 1.29 is 9.21 Å². The Kier molecular flexibility index (Phi) is 5.59. The molecule has 2 heterocycles. The van der Waals surface area contributed by atoms with Crippen LogP contribution in [-0.2, 0) is 11.2 Å². The molecule has 1 saturated heterocycles. The summed E-state index contributed by atoms with van der Waals surface area (Å²) in [6, 6.07) is 8.89. The Morgan fingerprint density at radius 2 is 1.77 bits per heavy atom. The number of piperazine rings is 1. The summed E-state index contributed by atoms with van der Waals surface area (Å²) in [4.78, 5) is 17.2. The summed E-state index contributed by atoms with van der Waals surface area (Å²) in [5, 5.41) is 8.13. The maximum Gasteiger partial charge on any atom is 0.318 e. The Labute approximate surface area is 155 Å². The van der Waals surface area contributed by atoms with E-state index < -0.39 is 0 Å². The molecular weight excluding hydrogens is 328 g/mol. The van der Waals surface area contributed by atoms with E-state index >= 15 is 0 Å². The standard InChI is InChI=1S/C20H28N4O2/c1-5-17-21-22-20(26-17)24-12-10-23(11-13-24)19(25)18(14(2)3)16-8-6-15(4)7-9-16/h6-9,14,18H,5,10-13H2,1-4H3. The lowest BCUT2D eigenvalue weighted by molar-refractivity contribution is -0.134. The van der Waals surface area contributed by atoms with Gasteiger partial charge in [-0.25, -0.2) is 0 Å². The zero-order valence-electron chi connectivity index (χ0n) is 16.1. The van der Waals surface area contributed by atoms with Crippen LogP contribution in [0.15, 0.2) is 28.7 Å². The maximum atomic E-state index is 13.2. The first-order chi connectivity index (χ1) is 12.5. The Bertz CT molecular complexity index is 731. The first-order valence-corrected chi connectivity index (χ1v) is 9.42. The van der Waals surface area contributed by atoms with Crippen LogP contribution in [0, 0.1) is 12.8 Å². The zero-order valence-corrected chi connectivity index (χ0v) is 16.1. The van der Waals surface area contributed by atoms with Crippen molar-refractivity contribution >= 4 is 11.9 Å². The predicted molar refractivity (Wildman–Crippen MR) is 101 cm³/mol. The van der Waals surface area contributed by atoms with Crippen LogP contribution in [-0.4, -0.2) is 47.2 Å². The first-order valence-electron chi connectivity index (χ1n) is 9.42. The van der Waals surface area contributed by atoms with E-state index in [0.717, 1.165) is 25.1 Å². The van der Waals surface area contributed by atoms with Gasteiger partial charge in [0.05, 0.1) is 5.92 Å². The highest BCUT2D eigenvalue weighted by Crippen LogP contribution is 2.28. The average Bonchev–Trinajstić information content (AvgIpc) is 3.12. The van der Waals surface area contributed by atoms with Gasteiger partial charge in [-0.1, -0.05) is 55.7 Å².